The molecule has 0 aliphatic rings. The van der Waals surface area contributed by atoms with Crippen molar-refractivity contribution in [2.75, 3.05) is 31.4 Å². The number of nitrogens with zero attached hydrogens (tertiary/aromatic N) is 2. The maximum atomic E-state index is 12.0. The summed E-state index contributed by atoms with van der Waals surface area (Å²) in [6.45, 7) is 0. The van der Waals surface area contributed by atoms with E-state index >= 15 is 0 Å². The van der Waals surface area contributed by atoms with Crippen LogP contribution >= 0.6 is 0 Å². The number of anilines is 3. The third kappa shape index (κ3) is 3.98. The molecule has 3 aromatic rings. The minimum Gasteiger partial charge on any atom is -0.497 e. The van der Waals surface area contributed by atoms with E-state index in [-0.39, 0.29) is 5.56 Å². The van der Waals surface area contributed by atoms with E-state index in [1.165, 1.54) is 6.07 Å². The summed E-state index contributed by atoms with van der Waals surface area (Å²) in [7, 11) is 5.57. The van der Waals surface area contributed by atoms with Gasteiger partial charge in [-0.3, -0.25) is 9.78 Å². The highest BCUT2D eigenvalue weighted by molar-refractivity contribution is 5.65. The Balaban J connectivity index is 1.91. The van der Waals surface area contributed by atoms with Gasteiger partial charge in [-0.15, -0.1) is 0 Å². The number of H-pyrrole nitrogens is 1. The molecule has 0 fully saturated rings. The normalized spacial score (nSPS) is 10.4. The van der Waals surface area contributed by atoms with Gasteiger partial charge in [0.25, 0.3) is 5.56 Å². The number of hydrogen-bond donors (Lipinski definition) is 2. The third-order valence-electron chi connectivity index (χ3n) is 3.75. The highest BCUT2D eigenvalue weighted by Gasteiger charge is 2.06. The molecule has 0 spiro atoms. The first-order chi connectivity index (χ1) is 12.0. The molecule has 2 N–H and O–H groups in total. The molecule has 0 aliphatic heterocycles. The number of hydrogen-bond acceptors (Lipinski definition) is 5. The second-order valence-corrected chi connectivity index (χ2v) is 5.78. The zero-order valence-corrected chi connectivity index (χ0v) is 14.4. The molecule has 6 nitrogen and oxygen atoms in total. The average Bonchev–Trinajstić information content (AvgIpc) is 2.61. The van der Waals surface area contributed by atoms with Crippen molar-refractivity contribution >= 4 is 17.3 Å². The fourth-order valence-corrected chi connectivity index (χ4v) is 2.43. The lowest BCUT2D eigenvalue weighted by molar-refractivity contribution is 0.415. The Bertz CT molecular complexity index is 917. The third-order valence-corrected chi connectivity index (χ3v) is 3.75. The molecular weight excluding hydrogens is 316 g/mol. The van der Waals surface area contributed by atoms with Crippen molar-refractivity contribution in [3.05, 3.63) is 65.0 Å². The molecule has 0 unspecified atom stereocenters. The van der Waals surface area contributed by atoms with Crippen molar-refractivity contribution in [2.24, 2.45) is 0 Å². The number of rotatable bonds is 5. The van der Waals surface area contributed by atoms with E-state index in [2.05, 4.69) is 15.3 Å². The maximum Gasteiger partial charge on any atom is 0.252 e. The molecule has 0 aliphatic carbocycles. The summed E-state index contributed by atoms with van der Waals surface area (Å²) >= 11 is 0. The number of aromatic nitrogens is 2. The summed E-state index contributed by atoms with van der Waals surface area (Å²) in [6, 6.07) is 16.8. The fraction of sp³-hybridized carbons (Fsp3) is 0.158. The molecule has 128 valence electrons. The van der Waals surface area contributed by atoms with E-state index in [4.69, 9.17) is 4.74 Å². The van der Waals surface area contributed by atoms with Crippen LogP contribution in [0.4, 0.5) is 17.3 Å². The Kier molecular flexibility index (Phi) is 4.70. The Morgan fingerprint density at radius 2 is 1.84 bits per heavy atom. The fourth-order valence-electron chi connectivity index (χ4n) is 2.43. The van der Waals surface area contributed by atoms with E-state index in [9.17, 15) is 4.79 Å². The largest absolute Gasteiger partial charge is 0.497 e. The van der Waals surface area contributed by atoms with Crippen LogP contribution in [0.3, 0.4) is 0 Å². The monoisotopic (exact) mass is 336 g/mol. The van der Waals surface area contributed by atoms with Gasteiger partial charge in [0, 0.05) is 37.1 Å². The number of ether oxygens (including phenoxy) is 1. The van der Waals surface area contributed by atoms with Crippen LogP contribution in [0.5, 0.6) is 5.75 Å². The van der Waals surface area contributed by atoms with Crippen molar-refractivity contribution in [3.63, 3.8) is 0 Å². The molecule has 6 heteroatoms. The topological polar surface area (TPSA) is 70.2 Å². The molecule has 0 amide bonds. The summed E-state index contributed by atoms with van der Waals surface area (Å²) in [5.74, 6) is 1.15. The molecule has 0 atom stereocenters. The van der Waals surface area contributed by atoms with Gasteiger partial charge in [-0.05, 0) is 42.5 Å². The quantitative estimate of drug-likeness (QED) is 0.748. The van der Waals surface area contributed by atoms with Gasteiger partial charge < -0.3 is 15.0 Å². The second kappa shape index (κ2) is 7.09. The molecular formula is C19H20N4O2. The highest BCUT2D eigenvalue weighted by atomic mass is 16.5. The summed E-state index contributed by atoms with van der Waals surface area (Å²) in [6.07, 6.45) is 0. The average molecular weight is 336 g/mol. The molecule has 0 saturated heterocycles. The zero-order chi connectivity index (χ0) is 17.8. The van der Waals surface area contributed by atoms with Gasteiger partial charge in [0.2, 0.25) is 5.95 Å². The summed E-state index contributed by atoms with van der Waals surface area (Å²) in [4.78, 5) is 21.2. The number of benzene rings is 2. The lowest BCUT2D eigenvalue weighted by Crippen LogP contribution is -2.11. The van der Waals surface area contributed by atoms with Gasteiger partial charge in [0.1, 0.15) is 5.75 Å². The minimum atomic E-state index is -0.216. The smallest absolute Gasteiger partial charge is 0.252 e. The van der Waals surface area contributed by atoms with E-state index < -0.39 is 0 Å². The van der Waals surface area contributed by atoms with E-state index in [1.54, 1.807) is 7.11 Å². The van der Waals surface area contributed by atoms with Crippen LogP contribution in [0, 0.1) is 0 Å². The molecule has 0 radical (unpaired) electrons. The maximum absolute atomic E-state index is 12.0. The molecule has 1 heterocycles. The Labute approximate surface area is 146 Å². The summed E-state index contributed by atoms with van der Waals surface area (Å²) in [5, 5.41) is 3.15. The Hall–Kier alpha value is -3.28. The molecule has 0 saturated carbocycles. The van der Waals surface area contributed by atoms with Crippen molar-refractivity contribution in [3.8, 4) is 17.0 Å². The van der Waals surface area contributed by atoms with E-state index in [1.807, 2.05) is 67.5 Å². The zero-order valence-electron chi connectivity index (χ0n) is 14.4. The van der Waals surface area contributed by atoms with Crippen LogP contribution in [0.15, 0.2) is 59.4 Å². The van der Waals surface area contributed by atoms with Gasteiger partial charge in [0.05, 0.1) is 12.8 Å². The first-order valence-corrected chi connectivity index (χ1v) is 7.85. The molecule has 3 rings (SSSR count). The van der Waals surface area contributed by atoms with Crippen LogP contribution in [0.2, 0.25) is 0 Å². The van der Waals surface area contributed by atoms with Crippen molar-refractivity contribution in [2.45, 2.75) is 0 Å². The first kappa shape index (κ1) is 16.6. The lowest BCUT2D eigenvalue weighted by atomic mass is 10.1. The number of nitrogens with one attached hydrogen (secondary N) is 2. The number of methoxy groups -OCH3 is 1. The van der Waals surface area contributed by atoms with Gasteiger partial charge in [-0.1, -0.05) is 6.07 Å². The Morgan fingerprint density at radius 1 is 1.08 bits per heavy atom. The molecule has 1 aromatic heterocycles. The van der Waals surface area contributed by atoms with Crippen LogP contribution in [0.25, 0.3) is 11.3 Å². The van der Waals surface area contributed by atoms with Crippen LogP contribution in [-0.2, 0) is 0 Å². The van der Waals surface area contributed by atoms with E-state index in [0.29, 0.717) is 11.6 Å². The van der Waals surface area contributed by atoms with Gasteiger partial charge in [-0.25, -0.2) is 4.98 Å². The van der Waals surface area contributed by atoms with Crippen LogP contribution < -0.4 is 20.5 Å². The van der Waals surface area contributed by atoms with Gasteiger partial charge >= 0.3 is 0 Å². The SMILES string of the molecule is COc1ccc(-c2cc(=O)[nH]c(Nc3cccc(N(C)C)c3)n2)cc1. The van der Waals surface area contributed by atoms with Crippen molar-refractivity contribution < 1.29 is 4.74 Å². The first-order valence-electron chi connectivity index (χ1n) is 7.85. The van der Waals surface area contributed by atoms with Crippen LogP contribution in [-0.4, -0.2) is 31.2 Å². The summed E-state index contributed by atoms with van der Waals surface area (Å²) in [5.41, 5.74) is 3.13. The lowest BCUT2D eigenvalue weighted by Gasteiger charge is -2.14. The van der Waals surface area contributed by atoms with Crippen molar-refractivity contribution in [1.82, 2.24) is 9.97 Å². The van der Waals surface area contributed by atoms with Gasteiger partial charge in [0.15, 0.2) is 0 Å². The van der Waals surface area contributed by atoms with Crippen molar-refractivity contribution in [1.29, 1.82) is 0 Å². The molecule has 25 heavy (non-hydrogen) atoms. The molecule has 2 aromatic carbocycles. The highest BCUT2D eigenvalue weighted by Crippen LogP contribution is 2.22. The van der Waals surface area contributed by atoms with E-state index in [0.717, 1.165) is 22.7 Å². The predicted octanol–water partition coefficient (Wildman–Crippen LogP) is 3.26. The van der Waals surface area contributed by atoms with Gasteiger partial charge in [-0.2, -0.15) is 0 Å². The number of aromatic amines is 1. The molecule has 0 bridgehead atoms. The second-order valence-electron chi connectivity index (χ2n) is 5.78. The Morgan fingerprint density at radius 3 is 2.52 bits per heavy atom. The minimum absolute atomic E-state index is 0.216. The van der Waals surface area contributed by atoms with Crippen LogP contribution in [0.1, 0.15) is 0 Å². The standard InChI is InChI=1S/C19H20N4O2/c1-23(2)15-6-4-5-14(11-15)20-19-21-17(12-18(24)22-19)13-7-9-16(25-3)10-8-13/h4-12H,1-3H3,(H2,20,21,22,24). The predicted molar refractivity (Wildman–Crippen MR) is 101 cm³/mol. The summed E-state index contributed by atoms with van der Waals surface area (Å²) < 4.78 is 5.16.